The minimum Gasteiger partial charge on any atom is -0.345 e. The van der Waals surface area contributed by atoms with E-state index in [2.05, 4.69) is 10.0 Å². The lowest BCUT2D eigenvalue weighted by molar-refractivity contribution is 0.0903. The Bertz CT molecular complexity index is 906. The molecule has 0 aromatic heterocycles. The first kappa shape index (κ1) is 19.3. The number of halogens is 1. The van der Waals surface area contributed by atoms with Crippen molar-refractivity contribution < 1.29 is 17.6 Å². The molecule has 0 radical (unpaired) electrons. The topological polar surface area (TPSA) is 101 Å². The Morgan fingerprint density at radius 3 is 2.19 bits per heavy atom. The zero-order chi connectivity index (χ0) is 19.5. The molecule has 2 aromatic carbocycles. The van der Waals surface area contributed by atoms with Crippen LogP contribution in [0.1, 0.15) is 36.0 Å². The van der Waals surface area contributed by atoms with Crippen LogP contribution < -0.4 is 15.8 Å². The molecule has 0 atom stereocenters. The third-order valence-electron chi connectivity index (χ3n) is 4.85. The van der Waals surface area contributed by atoms with Gasteiger partial charge in [0.15, 0.2) is 0 Å². The number of amides is 1. The highest BCUT2D eigenvalue weighted by molar-refractivity contribution is 7.92. The molecule has 4 N–H and O–H groups in total. The van der Waals surface area contributed by atoms with Crippen LogP contribution in [0.2, 0.25) is 0 Å². The van der Waals surface area contributed by atoms with Gasteiger partial charge in [-0.25, -0.2) is 12.8 Å². The van der Waals surface area contributed by atoms with E-state index in [1.807, 2.05) is 0 Å². The summed E-state index contributed by atoms with van der Waals surface area (Å²) in [7, 11) is -3.83. The van der Waals surface area contributed by atoms with Crippen LogP contribution in [0.5, 0.6) is 0 Å². The lowest BCUT2D eigenvalue weighted by Gasteiger charge is -2.28. The molecule has 0 heterocycles. The van der Waals surface area contributed by atoms with E-state index in [0.29, 0.717) is 12.1 Å². The van der Waals surface area contributed by atoms with E-state index >= 15 is 0 Å². The molecule has 0 spiro atoms. The van der Waals surface area contributed by atoms with Crippen molar-refractivity contribution in [1.29, 1.82) is 0 Å². The van der Waals surface area contributed by atoms with Crippen LogP contribution in [-0.4, -0.2) is 26.4 Å². The molecule has 6 nitrogen and oxygen atoms in total. The fourth-order valence-electron chi connectivity index (χ4n) is 3.26. The molecule has 27 heavy (non-hydrogen) atoms. The summed E-state index contributed by atoms with van der Waals surface area (Å²) in [6.45, 7) is 0.382. The maximum absolute atomic E-state index is 12.9. The van der Waals surface area contributed by atoms with Crippen molar-refractivity contribution in [3.05, 3.63) is 59.9 Å². The van der Waals surface area contributed by atoms with Crippen molar-refractivity contribution in [2.45, 2.75) is 36.1 Å². The number of nitrogens with one attached hydrogen (secondary N) is 2. The van der Waals surface area contributed by atoms with Gasteiger partial charge in [-0.3, -0.25) is 9.52 Å². The molecule has 144 valence electrons. The van der Waals surface area contributed by atoms with Crippen molar-refractivity contribution >= 4 is 21.6 Å². The molecule has 2 aromatic rings. The fourth-order valence-corrected chi connectivity index (χ4v) is 4.32. The monoisotopic (exact) mass is 391 g/mol. The second-order valence-corrected chi connectivity index (χ2v) is 8.46. The van der Waals surface area contributed by atoms with E-state index in [-0.39, 0.29) is 22.0 Å². The Kier molecular flexibility index (Phi) is 5.48. The summed E-state index contributed by atoms with van der Waals surface area (Å²) in [6.07, 6.45) is 3.76. The molecule has 0 aliphatic heterocycles. The predicted octanol–water partition coefficient (Wildman–Crippen LogP) is 2.63. The van der Waals surface area contributed by atoms with Crippen LogP contribution in [0.3, 0.4) is 0 Å². The van der Waals surface area contributed by atoms with Crippen LogP contribution >= 0.6 is 0 Å². The van der Waals surface area contributed by atoms with Crippen molar-refractivity contribution in [3.8, 4) is 0 Å². The highest BCUT2D eigenvalue weighted by atomic mass is 32.2. The third kappa shape index (κ3) is 4.45. The van der Waals surface area contributed by atoms with E-state index in [9.17, 15) is 17.6 Å². The highest BCUT2D eigenvalue weighted by Gasteiger charge is 2.34. The first-order chi connectivity index (χ1) is 12.8. The van der Waals surface area contributed by atoms with Gasteiger partial charge < -0.3 is 11.1 Å². The fraction of sp³-hybridized carbons (Fsp3) is 0.316. The van der Waals surface area contributed by atoms with Crippen LogP contribution in [0, 0.1) is 5.82 Å². The SMILES string of the molecule is NCC1(NC(=O)c2ccc(S(=O)(=O)Nc3ccc(F)cc3)cc2)CCCC1. The number of rotatable bonds is 6. The molecular weight excluding hydrogens is 369 g/mol. The second kappa shape index (κ2) is 7.66. The molecule has 3 rings (SSSR count). The van der Waals surface area contributed by atoms with Crippen molar-refractivity contribution in [3.63, 3.8) is 0 Å². The van der Waals surface area contributed by atoms with Crippen LogP contribution in [0.15, 0.2) is 53.4 Å². The number of benzene rings is 2. The average molecular weight is 391 g/mol. The minimum absolute atomic E-state index is 0.0118. The van der Waals surface area contributed by atoms with Gasteiger partial charge >= 0.3 is 0 Å². The summed E-state index contributed by atoms with van der Waals surface area (Å²) in [5.41, 5.74) is 6.09. The summed E-state index contributed by atoms with van der Waals surface area (Å²) in [6, 6.07) is 10.7. The first-order valence-electron chi connectivity index (χ1n) is 8.75. The molecule has 1 aliphatic carbocycles. The summed E-state index contributed by atoms with van der Waals surface area (Å²) in [5, 5.41) is 3.00. The summed E-state index contributed by atoms with van der Waals surface area (Å²) in [4.78, 5) is 12.5. The number of sulfonamides is 1. The Balaban J connectivity index is 1.72. The first-order valence-corrected chi connectivity index (χ1v) is 10.2. The van der Waals surface area contributed by atoms with E-state index in [1.54, 1.807) is 0 Å². The van der Waals surface area contributed by atoms with Gasteiger partial charge in [0.1, 0.15) is 5.82 Å². The van der Waals surface area contributed by atoms with Gasteiger partial charge in [0.05, 0.1) is 10.4 Å². The minimum atomic E-state index is -3.83. The van der Waals surface area contributed by atoms with Crippen molar-refractivity contribution in [1.82, 2.24) is 5.32 Å². The normalized spacial score (nSPS) is 16.1. The molecular formula is C19H22FN3O3S. The van der Waals surface area contributed by atoms with Crippen LogP contribution in [-0.2, 0) is 10.0 Å². The van der Waals surface area contributed by atoms with Gasteiger partial charge in [-0.15, -0.1) is 0 Å². The molecule has 1 amide bonds. The summed E-state index contributed by atoms with van der Waals surface area (Å²) < 4.78 is 40.2. The highest BCUT2D eigenvalue weighted by Crippen LogP contribution is 2.29. The van der Waals surface area contributed by atoms with E-state index in [0.717, 1.165) is 25.7 Å². The molecule has 0 bridgehead atoms. The number of hydrogen-bond donors (Lipinski definition) is 3. The van der Waals surface area contributed by atoms with Gasteiger partial charge in [-0.1, -0.05) is 12.8 Å². The third-order valence-corrected chi connectivity index (χ3v) is 6.25. The number of nitrogens with two attached hydrogens (primary N) is 1. The Hall–Kier alpha value is -2.45. The van der Waals surface area contributed by atoms with Crippen LogP contribution in [0.4, 0.5) is 10.1 Å². The van der Waals surface area contributed by atoms with Crippen molar-refractivity contribution in [2.24, 2.45) is 5.73 Å². The van der Waals surface area contributed by atoms with Crippen molar-refractivity contribution in [2.75, 3.05) is 11.3 Å². The standard InChI is InChI=1S/C19H22FN3O3S/c20-15-5-7-16(8-6-15)23-27(25,26)17-9-3-14(4-10-17)18(24)22-19(13-21)11-1-2-12-19/h3-10,23H,1-2,11-13,21H2,(H,22,24). The number of carbonyl (C=O) groups excluding carboxylic acids is 1. The van der Waals surface area contributed by atoms with Gasteiger partial charge in [0.25, 0.3) is 15.9 Å². The lowest BCUT2D eigenvalue weighted by Crippen LogP contribution is -2.51. The van der Waals surface area contributed by atoms with Gasteiger partial charge in [-0.2, -0.15) is 0 Å². The van der Waals surface area contributed by atoms with E-state index in [1.165, 1.54) is 48.5 Å². The number of anilines is 1. The zero-order valence-corrected chi connectivity index (χ0v) is 15.6. The molecule has 1 fully saturated rings. The van der Waals surface area contributed by atoms with Crippen LogP contribution in [0.25, 0.3) is 0 Å². The molecule has 0 unspecified atom stereocenters. The molecule has 1 saturated carbocycles. The Morgan fingerprint density at radius 2 is 1.63 bits per heavy atom. The van der Waals surface area contributed by atoms with Gasteiger partial charge in [-0.05, 0) is 61.4 Å². The second-order valence-electron chi connectivity index (χ2n) is 6.78. The summed E-state index contributed by atoms with van der Waals surface area (Å²) in [5.74, 6) is -0.719. The number of carbonyl (C=O) groups is 1. The smallest absolute Gasteiger partial charge is 0.261 e. The quantitative estimate of drug-likeness (QED) is 0.704. The Labute approximate surface area is 158 Å². The van der Waals surface area contributed by atoms with Gasteiger partial charge in [0, 0.05) is 17.8 Å². The van der Waals surface area contributed by atoms with E-state index < -0.39 is 15.8 Å². The average Bonchev–Trinajstić information content (AvgIpc) is 3.12. The molecule has 1 aliphatic rings. The summed E-state index contributed by atoms with van der Waals surface area (Å²) >= 11 is 0. The lowest BCUT2D eigenvalue weighted by atomic mass is 9.97. The maximum atomic E-state index is 12.9. The largest absolute Gasteiger partial charge is 0.345 e. The molecule has 0 saturated heterocycles. The van der Waals surface area contributed by atoms with Gasteiger partial charge in [0.2, 0.25) is 0 Å². The molecule has 8 heteroatoms. The Morgan fingerprint density at radius 1 is 1.04 bits per heavy atom. The maximum Gasteiger partial charge on any atom is 0.261 e. The zero-order valence-electron chi connectivity index (χ0n) is 14.7. The van der Waals surface area contributed by atoms with E-state index in [4.69, 9.17) is 5.73 Å². The predicted molar refractivity (Wildman–Crippen MR) is 101 cm³/mol. The number of hydrogen-bond acceptors (Lipinski definition) is 4.